The molecule has 2 aromatic rings. The van der Waals surface area contributed by atoms with Gasteiger partial charge in [0.1, 0.15) is 17.0 Å². The number of carbonyl (C=O) groups is 1. The Morgan fingerprint density at radius 3 is 2.67 bits per heavy atom. The second kappa shape index (κ2) is 7.71. The van der Waals surface area contributed by atoms with Gasteiger partial charge in [-0.2, -0.15) is 0 Å². The van der Waals surface area contributed by atoms with Crippen LogP contribution >= 0.6 is 0 Å². The molecule has 1 aliphatic rings. The van der Waals surface area contributed by atoms with Gasteiger partial charge >= 0.3 is 0 Å². The highest BCUT2D eigenvalue weighted by atomic mass is 19.1. The standard InChI is InChI=1S/C19H24FN3O/c1-22(13-14-23-11-4-2-3-5-12-23)19(24)17-10-9-15-7-6-8-16(20)18(15)21-17/h6-10H,2-5,11-14H2,1H3. The molecule has 0 atom stereocenters. The van der Waals surface area contributed by atoms with Crippen LogP contribution in [0.2, 0.25) is 0 Å². The van der Waals surface area contributed by atoms with Crippen molar-refractivity contribution in [3.8, 4) is 0 Å². The van der Waals surface area contributed by atoms with Crippen molar-refractivity contribution in [2.45, 2.75) is 25.7 Å². The normalized spacial score (nSPS) is 16.1. The van der Waals surface area contributed by atoms with E-state index >= 15 is 0 Å². The minimum absolute atomic E-state index is 0.157. The van der Waals surface area contributed by atoms with Crippen LogP contribution in [0.3, 0.4) is 0 Å². The summed E-state index contributed by atoms with van der Waals surface area (Å²) in [5.74, 6) is -0.552. The van der Waals surface area contributed by atoms with Gasteiger partial charge in [0.15, 0.2) is 0 Å². The Balaban J connectivity index is 1.65. The number of rotatable bonds is 4. The SMILES string of the molecule is CN(CCN1CCCCCC1)C(=O)c1ccc2cccc(F)c2n1. The highest BCUT2D eigenvalue weighted by molar-refractivity contribution is 5.94. The van der Waals surface area contributed by atoms with Crippen LogP contribution in [0.1, 0.15) is 36.2 Å². The number of nitrogens with zero attached hydrogens (tertiary/aromatic N) is 3. The maximum absolute atomic E-state index is 13.9. The summed E-state index contributed by atoms with van der Waals surface area (Å²) in [7, 11) is 1.79. The van der Waals surface area contributed by atoms with Crippen LogP contribution in [-0.2, 0) is 0 Å². The molecule has 1 fully saturated rings. The monoisotopic (exact) mass is 329 g/mol. The number of hydrogen-bond donors (Lipinski definition) is 0. The number of aromatic nitrogens is 1. The Labute approximate surface area is 142 Å². The number of carbonyl (C=O) groups excluding carboxylic acids is 1. The molecule has 1 amide bonds. The van der Waals surface area contributed by atoms with E-state index in [0.29, 0.717) is 17.6 Å². The minimum Gasteiger partial charge on any atom is -0.339 e. The van der Waals surface area contributed by atoms with E-state index in [1.54, 1.807) is 36.2 Å². The van der Waals surface area contributed by atoms with Crippen molar-refractivity contribution in [1.82, 2.24) is 14.8 Å². The Morgan fingerprint density at radius 2 is 1.92 bits per heavy atom. The molecule has 128 valence electrons. The molecule has 2 heterocycles. The molecule has 24 heavy (non-hydrogen) atoms. The first kappa shape index (κ1) is 16.8. The average molecular weight is 329 g/mol. The largest absolute Gasteiger partial charge is 0.339 e. The zero-order valence-electron chi connectivity index (χ0n) is 14.2. The van der Waals surface area contributed by atoms with Gasteiger partial charge in [-0.05, 0) is 38.1 Å². The fourth-order valence-corrected chi connectivity index (χ4v) is 3.18. The van der Waals surface area contributed by atoms with E-state index in [0.717, 1.165) is 19.6 Å². The molecule has 3 rings (SSSR count). The van der Waals surface area contributed by atoms with Crippen molar-refractivity contribution < 1.29 is 9.18 Å². The summed E-state index contributed by atoms with van der Waals surface area (Å²) in [6, 6.07) is 8.23. The molecule has 0 bridgehead atoms. The molecular weight excluding hydrogens is 305 g/mol. The van der Waals surface area contributed by atoms with Crippen LogP contribution in [0.25, 0.3) is 10.9 Å². The van der Waals surface area contributed by atoms with Crippen LogP contribution in [0.5, 0.6) is 0 Å². The van der Waals surface area contributed by atoms with Crippen molar-refractivity contribution in [2.24, 2.45) is 0 Å². The first-order valence-electron chi connectivity index (χ1n) is 8.68. The average Bonchev–Trinajstić information content (AvgIpc) is 2.88. The summed E-state index contributed by atoms with van der Waals surface area (Å²) >= 11 is 0. The second-order valence-electron chi connectivity index (χ2n) is 6.49. The predicted molar refractivity (Wildman–Crippen MR) is 93.6 cm³/mol. The number of likely N-dealkylation sites (N-methyl/N-ethyl adjacent to an activating group) is 1. The number of likely N-dealkylation sites (tertiary alicyclic amines) is 1. The van der Waals surface area contributed by atoms with Crippen LogP contribution in [0, 0.1) is 5.82 Å². The van der Waals surface area contributed by atoms with Gasteiger partial charge in [-0.15, -0.1) is 0 Å². The van der Waals surface area contributed by atoms with E-state index < -0.39 is 5.82 Å². The minimum atomic E-state index is -0.394. The first-order chi connectivity index (χ1) is 11.6. The molecular formula is C19H24FN3O. The topological polar surface area (TPSA) is 36.4 Å². The molecule has 0 spiro atoms. The van der Waals surface area contributed by atoms with E-state index in [1.165, 1.54) is 31.7 Å². The smallest absolute Gasteiger partial charge is 0.272 e. The van der Waals surface area contributed by atoms with Crippen molar-refractivity contribution in [1.29, 1.82) is 0 Å². The van der Waals surface area contributed by atoms with Crippen molar-refractivity contribution in [2.75, 3.05) is 33.2 Å². The second-order valence-corrected chi connectivity index (χ2v) is 6.49. The summed E-state index contributed by atoms with van der Waals surface area (Å²) in [4.78, 5) is 20.9. The zero-order valence-corrected chi connectivity index (χ0v) is 14.2. The van der Waals surface area contributed by atoms with Crippen LogP contribution in [0.4, 0.5) is 4.39 Å². The molecule has 4 nitrogen and oxygen atoms in total. The van der Waals surface area contributed by atoms with Gasteiger partial charge < -0.3 is 9.80 Å². The number of fused-ring (bicyclic) bond motifs is 1. The van der Waals surface area contributed by atoms with E-state index in [9.17, 15) is 9.18 Å². The van der Waals surface area contributed by atoms with E-state index in [2.05, 4.69) is 9.88 Å². The van der Waals surface area contributed by atoms with Gasteiger partial charge in [-0.3, -0.25) is 4.79 Å². The van der Waals surface area contributed by atoms with Crippen LogP contribution < -0.4 is 0 Å². The quantitative estimate of drug-likeness (QED) is 0.863. The number of para-hydroxylation sites is 1. The lowest BCUT2D eigenvalue weighted by molar-refractivity contribution is 0.0773. The lowest BCUT2D eigenvalue weighted by Crippen LogP contribution is -2.37. The van der Waals surface area contributed by atoms with Crippen molar-refractivity contribution >= 4 is 16.8 Å². The number of hydrogen-bond acceptors (Lipinski definition) is 3. The molecule has 1 aliphatic heterocycles. The highest BCUT2D eigenvalue weighted by Gasteiger charge is 2.16. The Morgan fingerprint density at radius 1 is 1.17 bits per heavy atom. The maximum atomic E-state index is 13.9. The van der Waals surface area contributed by atoms with E-state index in [1.807, 2.05) is 0 Å². The number of amides is 1. The van der Waals surface area contributed by atoms with Gasteiger partial charge in [0.25, 0.3) is 5.91 Å². The lowest BCUT2D eigenvalue weighted by atomic mass is 10.2. The van der Waals surface area contributed by atoms with Crippen molar-refractivity contribution in [3.05, 3.63) is 41.8 Å². The van der Waals surface area contributed by atoms with Crippen molar-refractivity contribution in [3.63, 3.8) is 0 Å². The molecule has 5 heteroatoms. The Bertz CT molecular complexity index is 711. The summed E-state index contributed by atoms with van der Waals surface area (Å²) in [5.41, 5.74) is 0.551. The fourth-order valence-electron chi connectivity index (χ4n) is 3.18. The zero-order chi connectivity index (χ0) is 16.9. The molecule has 0 radical (unpaired) electrons. The van der Waals surface area contributed by atoms with E-state index in [4.69, 9.17) is 0 Å². The number of halogens is 1. The Hall–Kier alpha value is -2.01. The third-order valence-corrected chi connectivity index (χ3v) is 4.69. The van der Waals surface area contributed by atoms with Gasteiger partial charge in [0, 0.05) is 25.5 Å². The molecule has 1 aromatic carbocycles. The molecule has 0 unspecified atom stereocenters. The van der Waals surface area contributed by atoms with Gasteiger partial charge in [-0.1, -0.05) is 31.0 Å². The maximum Gasteiger partial charge on any atom is 0.272 e. The molecule has 0 N–H and O–H groups in total. The lowest BCUT2D eigenvalue weighted by Gasteiger charge is -2.24. The summed E-state index contributed by atoms with van der Waals surface area (Å²) in [5, 5.41) is 0.707. The fraction of sp³-hybridized carbons (Fsp3) is 0.474. The first-order valence-corrected chi connectivity index (χ1v) is 8.68. The number of benzene rings is 1. The van der Waals surface area contributed by atoms with E-state index in [-0.39, 0.29) is 11.4 Å². The van der Waals surface area contributed by atoms with Crippen LogP contribution in [-0.4, -0.2) is 53.9 Å². The molecule has 0 aliphatic carbocycles. The number of pyridine rings is 1. The van der Waals surface area contributed by atoms with Gasteiger partial charge in [0.05, 0.1) is 0 Å². The molecule has 0 saturated carbocycles. The Kier molecular flexibility index (Phi) is 5.41. The predicted octanol–water partition coefficient (Wildman–Crippen LogP) is 3.32. The highest BCUT2D eigenvalue weighted by Crippen LogP contribution is 2.16. The third kappa shape index (κ3) is 3.90. The summed E-state index contributed by atoms with van der Waals surface area (Å²) in [6.07, 6.45) is 5.09. The summed E-state index contributed by atoms with van der Waals surface area (Å²) in [6.45, 7) is 3.77. The molecule has 1 saturated heterocycles. The molecule has 1 aromatic heterocycles. The third-order valence-electron chi connectivity index (χ3n) is 4.69. The van der Waals surface area contributed by atoms with Crippen LogP contribution in [0.15, 0.2) is 30.3 Å². The van der Waals surface area contributed by atoms with Gasteiger partial charge in [-0.25, -0.2) is 9.37 Å². The van der Waals surface area contributed by atoms with Gasteiger partial charge in [0.2, 0.25) is 0 Å². The summed E-state index contributed by atoms with van der Waals surface area (Å²) < 4.78 is 13.9.